The topological polar surface area (TPSA) is 105 Å². The summed E-state index contributed by atoms with van der Waals surface area (Å²) in [5.41, 5.74) is 6.93. The predicted octanol–water partition coefficient (Wildman–Crippen LogP) is 5.95. The van der Waals surface area contributed by atoms with Crippen LogP contribution in [0.5, 0.6) is 0 Å². The van der Waals surface area contributed by atoms with E-state index in [1.807, 2.05) is 34.6 Å². The summed E-state index contributed by atoms with van der Waals surface area (Å²) < 4.78 is 27.2. The minimum absolute atomic E-state index is 0.00383. The van der Waals surface area contributed by atoms with Crippen molar-refractivity contribution in [1.82, 2.24) is 9.88 Å². The van der Waals surface area contributed by atoms with Crippen molar-refractivity contribution < 1.29 is 18.7 Å². The number of rotatable bonds is 2. The fourth-order valence-electron chi connectivity index (χ4n) is 5.74. The van der Waals surface area contributed by atoms with Gasteiger partial charge in [0.1, 0.15) is 23.1 Å². The molecule has 0 unspecified atom stereocenters. The Balaban J connectivity index is 1.56. The van der Waals surface area contributed by atoms with Crippen LogP contribution in [0.15, 0.2) is 6.07 Å². The van der Waals surface area contributed by atoms with Crippen molar-refractivity contribution in [2.45, 2.75) is 65.3 Å². The van der Waals surface area contributed by atoms with Gasteiger partial charge >= 0.3 is 6.09 Å². The molecule has 2 aromatic rings. The molecule has 0 aliphatic carbocycles. The zero-order chi connectivity index (χ0) is 28.5. The van der Waals surface area contributed by atoms with Crippen LogP contribution in [0.2, 0.25) is 10.0 Å². The van der Waals surface area contributed by atoms with Gasteiger partial charge in [-0.3, -0.25) is 0 Å². The van der Waals surface area contributed by atoms with E-state index in [2.05, 4.69) is 11.0 Å². The van der Waals surface area contributed by atoms with Gasteiger partial charge in [0.15, 0.2) is 5.82 Å². The summed E-state index contributed by atoms with van der Waals surface area (Å²) in [5.74, 6) is -0.282. The van der Waals surface area contributed by atoms with Gasteiger partial charge in [0.05, 0.1) is 33.6 Å². The van der Waals surface area contributed by atoms with Crippen molar-refractivity contribution in [2.75, 3.05) is 36.8 Å². The normalized spacial score (nSPS) is 19.5. The largest absolute Gasteiger partial charge is 0.444 e. The maximum absolute atomic E-state index is 15.6. The molecule has 2 N–H and O–H groups in total. The predicted molar refractivity (Wildman–Crippen MR) is 148 cm³/mol. The van der Waals surface area contributed by atoms with E-state index in [1.54, 1.807) is 4.90 Å². The average Bonchev–Trinajstić information content (AvgIpc) is 3.25. The molecule has 39 heavy (non-hydrogen) atoms. The Morgan fingerprint density at radius 2 is 1.92 bits per heavy atom. The molecule has 3 aliphatic heterocycles. The SMILES string of the molecule is CC(C)(C)OC(=O)N1CC2(CCN(c3nc4c(c(-c5c(N)c(Cl)cc(Cl)c5F)c3C#N)COC(C)(C)C4)C2)C1. The standard InChI is InChI=1S/C28H32Cl2FN5O3/c1-26(2,3)39-25(37)36-13-28(14-36)6-7-35(12-28)24-15(10-32)20(16-11-38-27(4,5)9-19(16)34-24)21-22(31)17(29)8-18(30)23(21)33/h8H,6-7,9,11-14,33H2,1-5H3. The van der Waals surface area contributed by atoms with Gasteiger partial charge in [0.25, 0.3) is 0 Å². The summed E-state index contributed by atoms with van der Waals surface area (Å²) in [6.07, 6.45) is 0.957. The van der Waals surface area contributed by atoms with E-state index in [-0.39, 0.29) is 45.0 Å². The maximum atomic E-state index is 15.6. The third-order valence-electron chi connectivity index (χ3n) is 7.58. The number of pyridine rings is 1. The molecular weight excluding hydrogens is 544 g/mol. The Kier molecular flexibility index (Phi) is 6.69. The number of hydrogen-bond donors (Lipinski definition) is 1. The minimum Gasteiger partial charge on any atom is -0.444 e. The van der Waals surface area contributed by atoms with Crippen LogP contribution in [-0.2, 0) is 22.5 Å². The molecule has 5 rings (SSSR count). The minimum atomic E-state index is -0.746. The number of ether oxygens (including phenoxy) is 2. The molecule has 0 bridgehead atoms. The number of nitrogens with two attached hydrogens (primary N) is 1. The lowest BCUT2D eigenvalue weighted by Gasteiger charge is -2.47. The number of likely N-dealkylation sites (tertiary alicyclic amines) is 1. The third-order valence-corrected chi connectivity index (χ3v) is 8.17. The van der Waals surface area contributed by atoms with E-state index < -0.39 is 17.0 Å². The molecule has 0 atom stereocenters. The van der Waals surface area contributed by atoms with Crippen LogP contribution in [0.25, 0.3) is 11.1 Å². The molecule has 3 aliphatic rings. The number of aromatic nitrogens is 1. The molecule has 208 valence electrons. The molecule has 1 amide bonds. The first-order valence-electron chi connectivity index (χ1n) is 12.9. The molecule has 11 heteroatoms. The van der Waals surface area contributed by atoms with Gasteiger partial charge in [-0.2, -0.15) is 5.26 Å². The Bertz CT molecular complexity index is 1380. The molecular formula is C28H32Cl2FN5O3. The van der Waals surface area contributed by atoms with Crippen LogP contribution in [-0.4, -0.2) is 53.4 Å². The van der Waals surface area contributed by atoms with Crippen LogP contribution < -0.4 is 10.6 Å². The number of nitrogens with zero attached hydrogens (tertiary/aromatic N) is 4. The fraction of sp³-hybridized carbons (Fsp3) is 0.536. The molecule has 4 heterocycles. The van der Waals surface area contributed by atoms with E-state index in [0.717, 1.165) is 12.1 Å². The number of carbonyl (C=O) groups excluding carboxylic acids is 1. The number of carbonyl (C=O) groups is 1. The van der Waals surface area contributed by atoms with Gasteiger partial charge in [-0.05, 0) is 47.1 Å². The molecule has 1 spiro atoms. The zero-order valence-corrected chi connectivity index (χ0v) is 24.3. The van der Waals surface area contributed by atoms with E-state index in [0.29, 0.717) is 49.5 Å². The first-order chi connectivity index (χ1) is 18.1. The molecule has 2 fully saturated rings. The van der Waals surface area contributed by atoms with Crippen molar-refractivity contribution in [2.24, 2.45) is 5.41 Å². The number of benzene rings is 1. The Morgan fingerprint density at radius 3 is 2.56 bits per heavy atom. The molecule has 1 aromatic carbocycles. The van der Waals surface area contributed by atoms with Gasteiger partial charge in [0, 0.05) is 54.7 Å². The number of halogens is 3. The summed E-state index contributed by atoms with van der Waals surface area (Å²) >= 11 is 12.5. The summed E-state index contributed by atoms with van der Waals surface area (Å²) in [6.45, 7) is 11.9. The van der Waals surface area contributed by atoms with Crippen molar-refractivity contribution in [3.8, 4) is 17.2 Å². The highest BCUT2D eigenvalue weighted by Crippen LogP contribution is 2.48. The number of nitriles is 1. The Morgan fingerprint density at radius 1 is 1.23 bits per heavy atom. The van der Waals surface area contributed by atoms with Gasteiger partial charge < -0.3 is 25.0 Å². The second-order valence-electron chi connectivity index (χ2n) is 12.4. The second-order valence-corrected chi connectivity index (χ2v) is 13.2. The number of fused-ring (bicyclic) bond motifs is 1. The van der Waals surface area contributed by atoms with Crippen LogP contribution in [0.4, 0.5) is 20.7 Å². The number of nitrogen functional groups attached to an aromatic ring is 1. The van der Waals surface area contributed by atoms with Gasteiger partial charge in [-0.15, -0.1) is 0 Å². The summed E-state index contributed by atoms with van der Waals surface area (Å²) in [6, 6.07) is 3.53. The third kappa shape index (κ3) is 4.99. The molecule has 1 aromatic heterocycles. The quantitative estimate of drug-likeness (QED) is 0.348. The highest BCUT2D eigenvalue weighted by Gasteiger charge is 2.51. The highest BCUT2D eigenvalue weighted by molar-refractivity contribution is 6.37. The zero-order valence-electron chi connectivity index (χ0n) is 22.8. The van der Waals surface area contributed by atoms with Crippen molar-refractivity contribution in [3.05, 3.63) is 38.7 Å². The van der Waals surface area contributed by atoms with Crippen LogP contribution in [0.1, 0.15) is 57.9 Å². The molecule has 8 nitrogen and oxygen atoms in total. The van der Waals surface area contributed by atoms with Gasteiger partial charge in [-0.25, -0.2) is 14.2 Å². The number of amides is 1. The Hall–Kier alpha value is -2.80. The summed E-state index contributed by atoms with van der Waals surface area (Å²) in [5, 5.41) is 10.3. The summed E-state index contributed by atoms with van der Waals surface area (Å²) in [7, 11) is 0. The first-order valence-corrected chi connectivity index (χ1v) is 13.7. The van der Waals surface area contributed by atoms with Gasteiger partial charge in [-0.1, -0.05) is 23.2 Å². The van der Waals surface area contributed by atoms with Crippen LogP contribution in [0, 0.1) is 22.6 Å². The van der Waals surface area contributed by atoms with Gasteiger partial charge in [0.2, 0.25) is 0 Å². The van der Waals surface area contributed by atoms with Crippen LogP contribution in [0.3, 0.4) is 0 Å². The van der Waals surface area contributed by atoms with E-state index in [4.69, 9.17) is 43.4 Å². The van der Waals surface area contributed by atoms with E-state index in [9.17, 15) is 10.1 Å². The maximum Gasteiger partial charge on any atom is 0.410 e. The van der Waals surface area contributed by atoms with Crippen LogP contribution >= 0.6 is 23.2 Å². The Labute approximate surface area is 237 Å². The average molecular weight is 576 g/mol. The molecule has 0 radical (unpaired) electrons. The lowest BCUT2D eigenvalue weighted by atomic mass is 9.79. The van der Waals surface area contributed by atoms with Crippen molar-refractivity contribution >= 4 is 40.8 Å². The number of hydrogen-bond acceptors (Lipinski definition) is 7. The fourth-order valence-corrected chi connectivity index (χ4v) is 6.20. The molecule has 0 saturated carbocycles. The molecule has 2 saturated heterocycles. The lowest BCUT2D eigenvalue weighted by Crippen LogP contribution is -2.60. The smallest absolute Gasteiger partial charge is 0.410 e. The second kappa shape index (κ2) is 9.39. The van der Waals surface area contributed by atoms with E-state index in [1.165, 1.54) is 6.07 Å². The van der Waals surface area contributed by atoms with Crippen molar-refractivity contribution in [1.29, 1.82) is 5.26 Å². The summed E-state index contributed by atoms with van der Waals surface area (Å²) in [4.78, 5) is 21.3. The first kappa shape index (κ1) is 27.8. The lowest BCUT2D eigenvalue weighted by molar-refractivity contribution is -0.0410. The highest BCUT2D eigenvalue weighted by atomic mass is 35.5. The van der Waals surface area contributed by atoms with E-state index >= 15 is 4.39 Å². The monoisotopic (exact) mass is 575 g/mol. The number of anilines is 2. The van der Waals surface area contributed by atoms with Crippen molar-refractivity contribution in [3.63, 3.8) is 0 Å².